The summed E-state index contributed by atoms with van der Waals surface area (Å²) in [5, 5.41) is 4.12. The summed E-state index contributed by atoms with van der Waals surface area (Å²) in [4.78, 5) is 18.6. The molecule has 132 valence electrons. The van der Waals surface area contributed by atoms with Crippen LogP contribution in [0.15, 0.2) is 61.2 Å². The van der Waals surface area contributed by atoms with Crippen LogP contribution in [0.1, 0.15) is 24.1 Å². The Hall–Kier alpha value is -3.15. The molecule has 2 atom stereocenters. The van der Waals surface area contributed by atoms with E-state index >= 15 is 0 Å². The van der Waals surface area contributed by atoms with E-state index in [1.54, 1.807) is 15.9 Å². The molecule has 0 aliphatic carbocycles. The van der Waals surface area contributed by atoms with Crippen LogP contribution in [0.3, 0.4) is 0 Å². The van der Waals surface area contributed by atoms with Gasteiger partial charge in [-0.3, -0.25) is 4.79 Å². The van der Waals surface area contributed by atoms with Crippen molar-refractivity contribution in [2.24, 2.45) is 0 Å². The molecule has 0 N–H and O–H groups in total. The van der Waals surface area contributed by atoms with E-state index in [0.29, 0.717) is 6.42 Å². The van der Waals surface area contributed by atoms with Gasteiger partial charge in [-0.1, -0.05) is 30.3 Å². The number of ether oxygens (including phenoxy) is 1. The number of amides is 1. The molecule has 2 heterocycles. The molecule has 1 amide bonds. The summed E-state index contributed by atoms with van der Waals surface area (Å²) in [7, 11) is 1.82. The summed E-state index contributed by atoms with van der Waals surface area (Å²) in [6.45, 7) is 2.02. The van der Waals surface area contributed by atoms with E-state index in [0.717, 1.165) is 22.6 Å². The fraction of sp³-hybridized carbons (Fsp3) is 0.250. The summed E-state index contributed by atoms with van der Waals surface area (Å²) in [6, 6.07) is 15.7. The number of carbonyl (C=O) groups excluding carboxylic acids is 1. The van der Waals surface area contributed by atoms with Gasteiger partial charge in [-0.25, -0.2) is 9.67 Å². The van der Waals surface area contributed by atoms with Gasteiger partial charge in [0.15, 0.2) is 6.10 Å². The fourth-order valence-corrected chi connectivity index (χ4v) is 3.21. The molecule has 2 aromatic carbocycles. The van der Waals surface area contributed by atoms with Crippen molar-refractivity contribution in [1.29, 1.82) is 0 Å². The van der Waals surface area contributed by atoms with Crippen LogP contribution in [-0.2, 0) is 11.2 Å². The van der Waals surface area contributed by atoms with Crippen LogP contribution in [0, 0.1) is 0 Å². The quantitative estimate of drug-likeness (QED) is 0.727. The first-order chi connectivity index (χ1) is 12.6. The van der Waals surface area contributed by atoms with Gasteiger partial charge in [-0.15, -0.1) is 0 Å². The number of nitrogens with zero attached hydrogens (tertiary/aromatic N) is 4. The monoisotopic (exact) mass is 348 g/mol. The molecule has 1 aromatic heterocycles. The number of para-hydroxylation sites is 1. The van der Waals surface area contributed by atoms with Gasteiger partial charge in [0.05, 0.1) is 11.7 Å². The van der Waals surface area contributed by atoms with Crippen LogP contribution < -0.4 is 4.74 Å². The molecule has 6 heteroatoms. The summed E-state index contributed by atoms with van der Waals surface area (Å²) < 4.78 is 7.54. The summed E-state index contributed by atoms with van der Waals surface area (Å²) >= 11 is 0. The molecule has 0 bridgehead atoms. The normalized spacial score (nSPS) is 16.6. The highest BCUT2D eigenvalue weighted by Gasteiger charge is 2.32. The maximum atomic E-state index is 12.9. The van der Waals surface area contributed by atoms with Crippen LogP contribution >= 0.6 is 0 Å². The molecule has 0 unspecified atom stereocenters. The third kappa shape index (κ3) is 2.94. The summed E-state index contributed by atoms with van der Waals surface area (Å²) in [5.41, 5.74) is 3.08. The van der Waals surface area contributed by atoms with E-state index in [9.17, 15) is 4.79 Å². The molecular weight excluding hydrogens is 328 g/mol. The van der Waals surface area contributed by atoms with Crippen LogP contribution in [0.2, 0.25) is 0 Å². The lowest BCUT2D eigenvalue weighted by Crippen LogP contribution is -2.40. The zero-order chi connectivity index (χ0) is 18.1. The Balaban J connectivity index is 1.46. The Morgan fingerprint density at radius 1 is 1.23 bits per heavy atom. The molecule has 26 heavy (non-hydrogen) atoms. The van der Waals surface area contributed by atoms with E-state index in [1.807, 2.05) is 62.5 Å². The second kappa shape index (κ2) is 6.63. The predicted molar refractivity (Wildman–Crippen MR) is 97.1 cm³/mol. The minimum Gasteiger partial charge on any atom is -0.480 e. The van der Waals surface area contributed by atoms with Crippen molar-refractivity contribution in [1.82, 2.24) is 19.7 Å². The van der Waals surface area contributed by atoms with Gasteiger partial charge in [0.25, 0.3) is 5.91 Å². The van der Waals surface area contributed by atoms with Crippen molar-refractivity contribution >= 4 is 5.91 Å². The molecule has 1 aliphatic rings. The Bertz CT molecular complexity index is 881. The van der Waals surface area contributed by atoms with Gasteiger partial charge in [-0.2, -0.15) is 5.10 Å². The lowest BCUT2D eigenvalue weighted by atomic mass is 10.0. The highest BCUT2D eigenvalue weighted by atomic mass is 16.5. The Kier molecular flexibility index (Phi) is 4.16. The minimum atomic E-state index is -0.450. The van der Waals surface area contributed by atoms with E-state index in [4.69, 9.17) is 4.74 Å². The number of aromatic nitrogens is 3. The Labute approximate surface area is 152 Å². The van der Waals surface area contributed by atoms with Crippen molar-refractivity contribution in [2.45, 2.75) is 25.5 Å². The lowest BCUT2D eigenvalue weighted by molar-refractivity contribution is -0.138. The number of hydrogen-bond donors (Lipinski definition) is 0. The SMILES string of the molecule is C[C@@H](c1ccc(-n2cncn2)cc1)N(C)C(=O)[C@H]1Cc2ccccc2O1. The van der Waals surface area contributed by atoms with Crippen LogP contribution in [0.4, 0.5) is 0 Å². The van der Waals surface area contributed by atoms with Gasteiger partial charge < -0.3 is 9.64 Å². The molecule has 1 aliphatic heterocycles. The molecule has 0 fully saturated rings. The van der Waals surface area contributed by atoms with E-state index in [1.165, 1.54) is 6.33 Å². The molecule has 0 spiro atoms. The van der Waals surface area contributed by atoms with E-state index < -0.39 is 6.10 Å². The first-order valence-corrected chi connectivity index (χ1v) is 8.59. The lowest BCUT2D eigenvalue weighted by Gasteiger charge is -2.27. The van der Waals surface area contributed by atoms with Gasteiger partial charge in [0.2, 0.25) is 0 Å². The van der Waals surface area contributed by atoms with Gasteiger partial charge in [-0.05, 0) is 36.2 Å². The summed E-state index contributed by atoms with van der Waals surface area (Å²) in [5.74, 6) is 0.804. The number of carbonyl (C=O) groups is 1. The van der Waals surface area contributed by atoms with Crippen molar-refractivity contribution in [3.8, 4) is 11.4 Å². The minimum absolute atomic E-state index is 0.00551. The van der Waals surface area contributed by atoms with Crippen molar-refractivity contribution in [3.63, 3.8) is 0 Å². The van der Waals surface area contributed by atoms with Gasteiger partial charge in [0.1, 0.15) is 18.4 Å². The van der Waals surface area contributed by atoms with Crippen LogP contribution in [-0.4, -0.2) is 38.7 Å². The fourth-order valence-electron chi connectivity index (χ4n) is 3.21. The Morgan fingerprint density at radius 2 is 2.00 bits per heavy atom. The molecule has 0 saturated heterocycles. The highest BCUT2D eigenvalue weighted by Crippen LogP contribution is 2.30. The van der Waals surface area contributed by atoms with Gasteiger partial charge >= 0.3 is 0 Å². The molecular formula is C20H20N4O2. The first-order valence-electron chi connectivity index (χ1n) is 8.59. The molecule has 3 aromatic rings. The second-order valence-corrected chi connectivity index (χ2v) is 6.48. The molecule has 0 saturated carbocycles. The standard InChI is InChI=1S/C20H20N4O2/c1-14(15-7-9-17(10-8-15)24-13-21-12-22-24)23(2)20(25)19-11-16-5-3-4-6-18(16)26-19/h3-10,12-14,19H,11H2,1-2H3/t14-,19+/m0/s1. The van der Waals surface area contributed by atoms with Crippen LogP contribution in [0.25, 0.3) is 5.69 Å². The predicted octanol–water partition coefficient (Wildman–Crippen LogP) is 2.79. The Morgan fingerprint density at radius 3 is 2.69 bits per heavy atom. The molecule has 0 radical (unpaired) electrons. The average Bonchev–Trinajstić information content (AvgIpc) is 3.36. The number of fused-ring (bicyclic) bond motifs is 1. The zero-order valence-electron chi connectivity index (χ0n) is 14.7. The molecule has 6 nitrogen and oxygen atoms in total. The molecule has 4 rings (SSSR count). The van der Waals surface area contributed by atoms with Crippen molar-refractivity contribution in [2.75, 3.05) is 7.05 Å². The smallest absolute Gasteiger partial charge is 0.264 e. The van der Waals surface area contributed by atoms with Crippen LogP contribution in [0.5, 0.6) is 5.75 Å². The topological polar surface area (TPSA) is 60.2 Å². The third-order valence-corrected chi connectivity index (χ3v) is 4.91. The third-order valence-electron chi connectivity index (χ3n) is 4.91. The zero-order valence-corrected chi connectivity index (χ0v) is 14.7. The first kappa shape index (κ1) is 16.3. The van der Waals surface area contributed by atoms with E-state index in [2.05, 4.69) is 10.1 Å². The number of likely N-dealkylation sites (N-methyl/N-ethyl adjacent to an activating group) is 1. The van der Waals surface area contributed by atoms with Crippen molar-refractivity contribution in [3.05, 3.63) is 72.3 Å². The maximum Gasteiger partial charge on any atom is 0.264 e. The number of rotatable bonds is 4. The average molecular weight is 348 g/mol. The van der Waals surface area contributed by atoms with Crippen molar-refractivity contribution < 1.29 is 9.53 Å². The largest absolute Gasteiger partial charge is 0.480 e. The summed E-state index contributed by atoms with van der Waals surface area (Å²) in [6.07, 6.45) is 3.33. The van der Waals surface area contributed by atoms with Gasteiger partial charge in [0, 0.05) is 13.5 Å². The number of hydrogen-bond acceptors (Lipinski definition) is 4. The van der Waals surface area contributed by atoms with E-state index in [-0.39, 0.29) is 11.9 Å². The second-order valence-electron chi connectivity index (χ2n) is 6.48. The maximum absolute atomic E-state index is 12.9. The number of benzene rings is 2. The highest BCUT2D eigenvalue weighted by molar-refractivity contribution is 5.82.